The molecule has 3 aromatic rings. The molecule has 0 fully saturated rings. The number of carboxylic acid groups (broad SMARTS) is 1. The van der Waals surface area contributed by atoms with Crippen molar-refractivity contribution in [1.82, 2.24) is 0 Å². The third kappa shape index (κ3) is 6.40. The van der Waals surface area contributed by atoms with Gasteiger partial charge in [-0.1, -0.05) is 64.6 Å². The fourth-order valence-electron chi connectivity index (χ4n) is 3.64. The number of hydrogen-bond acceptors (Lipinski definition) is 7. The van der Waals surface area contributed by atoms with Crippen LogP contribution in [0.4, 0.5) is 5.69 Å². The van der Waals surface area contributed by atoms with Gasteiger partial charge in [0.25, 0.3) is 20.0 Å². The number of thiophene rings is 1. The van der Waals surface area contributed by atoms with E-state index in [4.69, 9.17) is 27.8 Å². The van der Waals surface area contributed by atoms with Crippen molar-refractivity contribution < 1.29 is 27.4 Å². The van der Waals surface area contributed by atoms with Crippen LogP contribution in [-0.4, -0.2) is 36.3 Å². The summed E-state index contributed by atoms with van der Waals surface area (Å²) in [5.74, 6) is -1.27. The minimum absolute atomic E-state index is 0.170. The van der Waals surface area contributed by atoms with Gasteiger partial charge in [0.15, 0.2) is 0 Å². The molecule has 2 N–H and O–H groups in total. The number of aromatic nitrogens is 1. The standard InChI is InChI=1S/C22H20Cl2N2O5S4/c1-2-13(9-20-26(12-21(27)28)22-17(33-20)11-18(24)34-22)8-19-25(6-3-7-35(29,30)31)15-10-14(23)4-5-16(15)32-19/h4-5,8-11H,2-3,6-7,12H2,1H3,(H-,27,28,29,30,31)/p+1. The number of thiazole rings is 1. The van der Waals surface area contributed by atoms with E-state index >= 15 is 0 Å². The second-order valence-electron chi connectivity index (χ2n) is 7.70. The molecule has 1 aliphatic heterocycles. The number of rotatable bonds is 9. The highest BCUT2D eigenvalue weighted by Gasteiger charge is 2.27. The SMILES string of the molecule is CCC(=Cc1sc2cc(Cl)sc2[n+]1CC(=O)O)C=C1Sc2ccc(Cl)cc2N1CCCS(=O)(=O)O. The lowest BCUT2D eigenvalue weighted by molar-refractivity contribution is -0.655. The number of nitrogens with zero attached hydrogens (tertiary/aromatic N) is 2. The Morgan fingerprint density at radius 1 is 1.23 bits per heavy atom. The summed E-state index contributed by atoms with van der Waals surface area (Å²) in [6.07, 6.45) is 4.94. The molecule has 0 radical (unpaired) electrons. The lowest BCUT2D eigenvalue weighted by Gasteiger charge is -2.20. The predicted molar refractivity (Wildman–Crippen MR) is 145 cm³/mol. The van der Waals surface area contributed by atoms with Crippen LogP contribution in [0.2, 0.25) is 9.36 Å². The van der Waals surface area contributed by atoms with Crippen LogP contribution in [0.3, 0.4) is 0 Å². The van der Waals surface area contributed by atoms with Gasteiger partial charge in [-0.3, -0.25) is 4.55 Å². The molecule has 0 aliphatic carbocycles. The summed E-state index contributed by atoms with van der Waals surface area (Å²) in [6.45, 7) is 2.23. The van der Waals surface area contributed by atoms with E-state index in [9.17, 15) is 18.3 Å². The average Bonchev–Trinajstić information content (AvgIpc) is 3.38. The molecular formula is C22H21Cl2N2O5S4+. The van der Waals surface area contributed by atoms with Crippen LogP contribution in [0.1, 0.15) is 24.8 Å². The fraction of sp³-hybridized carbons (Fsp3) is 0.273. The number of aliphatic carboxylic acids is 1. The molecule has 0 saturated heterocycles. The quantitative estimate of drug-likeness (QED) is 0.227. The van der Waals surface area contributed by atoms with E-state index in [0.29, 0.717) is 22.3 Å². The summed E-state index contributed by atoms with van der Waals surface area (Å²) in [6, 6.07) is 7.41. The Labute approximate surface area is 225 Å². The molecule has 0 spiro atoms. The van der Waals surface area contributed by atoms with Gasteiger partial charge in [-0.05, 0) is 48.8 Å². The third-order valence-electron chi connectivity index (χ3n) is 5.17. The first-order valence-electron chi connectivity index (χ1n) is 10.5. The van der Waals surface area contributed by atoms with Crippen LogP contribution in [0.15, 0.2) is 45.8 Å². The number of carboxylic acids is 1. The summed E-state index contributed by atoms with van der Waals surface area (Å²) in [4.78, 5) is 15.3. The number of benzene rings is 1. The Kier molecular flexibility index (Phi) is 8.16. The molecule has 0 amide bonds. The number of allylic oxidation sites excluding steroid dienone is 2. The van der Waals surface area contributed by atoms with Crippen molar-refractivity contribution in [3.8, 4) is 0 Å². The number of anilines is 1. The minimum atomic E-state index is -4.06. The number of carbonyl (C=O) groups is 1. The molecule has 0 saturated carbocycles. The van der Waals surface area contributed by atoms with Crippen LogP contribution in [0.5, 0.6) is 0 Å². The lowest BCUT2D eigenvalue weighted by atomic mass is 10.2. The zero-order valence-electron chi connectivity index (χ0n) is 18.4. The highest BCUT2D eigenvalue weighted by molar-refractivity contribution is 8.03. The van der Waals surface area contributed by atoms with Crippen LogP contribution >= 0.6 is 57.6 Å². The van der Waals surface area contributed by atoms with Crippen LogP contribution < -0.4 is 9.47 Å². The van der Waals surface area contributed by atoms with E-state index < -0.39 is 16.1 Å². The second-order valence-corrected chi connectivity index (χ2v) is 13.5. The van der Waals surface area contributed by atoms with E-state index in [2.05, 4.69) is 0 Å². The fourth-order valence-corrected chi connectivity index (χ4v) is 8.09. The van der Waals surface area contributed by atoms with Crippen molar-refractivity contribution in [1.29, 1.82) is 0 Å². The number of hydrogen-bond donors (Lipinski definition) is 2. The van der Waals surface area contributed by atoms with Crippen molar-refractivity contribution >= 4 is 95.0 Å². The summed E-state index contributed by atoms with van der Waals surface area (Å²) >= 11 is 16.7. The number of thioether (sulfide) groups is 1. The van der Waals surface area contributed by atoms with Crippen LogP contribution in [-0.2, 0) is 21.5 Å². The highest BCUT2D eigenvalue weighted by atomic mass is 35.5. The van der Waals surface area contributed by atoms with Gasteiger partial charge in [0.05, 0.1) is 16.5 Å². The first-order valence-corrected chi connectivity index (χ1v) is 15.3. The molecule has 35 heavy (non-hydrogen) atoms. The van der Waals surface area contributed by atoms with Crippen LogP contribution in [0, 0.1) is 0 Å². The zero-order chi connectivity index (χ0) is 25.3. The molecule has 7 nitrogen and oxygen atoms in total. The Morgan fingerprint density at radius 2 is 2.00 bits per heavy atom. The van der Waals surface area contributed by atoms with Crippen molar-refractivity contribution in [2.75, 3.05) is 17.2 Å². The molecular weight excluding hydrogens is 571 g/mol. The summed E-state index contributed by atoms with van der Waals surface area (Å²) in [5, 5.41) is 11.7. The van der Waals surface area contributed by atoms with E-state index in [1.54, 1.807) is 16.3 Å². The van der Waals surface area contributed by atoms with Gasteiger partial charge < -0.3 is 10.0 Å². The summed E-state index contributed by atoms with van der Waals surface area (Å²) in [5.41, 5.74) is 1.86. The van der Waals surface area contributed by atoms with Gasteiger partial charge in [-0.15, -0.1) is 0 Å². The van der Waals surface area contributed by atoms with E-state index in [-0.39, 0.29) is 18.7 Å². The van der Waals surface area contributed by atoms with E-state index in [0.717, 1.165) is 35.7 Å². The van der Waals surface area contributed by atoms with Crippen molar-refractivity contribution in [2.45, 2.75) is 31.2 Å². The van der Waals surface area contributed by atoms with Gasteiger partial charge >= 0.3 is 5.97 Å². The Balaban J connectivity index is 1.71. The Morgan fingerprint density at radius 3 is 2.69 bits per heavy atom. The largest absolute Gasteiger partial charge is 0.477 e. The van der Waals surface area contributed by atoms with Gasteiger partial charge in [0.2, 0.25) is 6.54 Å². The Hall–Kier alpha value is -1.60. The molecule has 4 rings (SSSR count). The van der Waals surface area contributed by atoms with Crippen molar-refractivity contribution in [3.05, 3.63) is 55.3 Å². The zero-order valence-corrected chi connectivity index (χ0v) is 23.2. The normalized spacial score (nSPS) is 15.4. The highest BCUT2D eigenvalue weighted by Crippen LogP contribution is 2.47. The maximum atomic E-state index is 11.5. The minimum Gasteiger partial charge on any atom is -0.477 e. The Bertz CT molecular complexity index is 1460. The maximum absolute atomic E-state index is 11.5. The number of fused-ring (bicyclic) bond motifs is 2. The van der Waals surface area contributed by atoms with Crippen LogP contribution in [0.25, 0.3) is 15.6 Å². The average molecular weight is 593 g/mol. The van der Waals surface area contributed by atoms with Crippen molar-refractivity contribution in [2.24, 2.45) is 0 Å². The molecule has 3 heterocycles. The van der Waals surface area contributed by atoms with Crippen molar-refractivity contribution in [3.63, 3.8) is 0 Å². The first-order chi connectivity index (χ1) is 16.5. The summed E-state index contributed by atoms with van der Waals surface area (Å²) in [7, 11) is -4.06. The maximum Gasteiger partial charge on any atom is 0.370 e. The van der Waals surface area contributed by atoms with Gasteiger partial charge in [0, 0.05) is 22.5 Å². The third-order valence-corrected chi connectivity index (χ3v) is 9.82. The monoisotopic (exact) mass is 591 g/mol. The smallest absolute Gasteiger partial charge is 0.370 e. The molecule has 0 atom stereocenters. The lowest BCUT2D eigenvalue weighted by Crippen LogP contribution is -2.38. The first kappa shape index (κ1) is 26.5. The van der Waals surface area contributed by atoms with Gasteiger partial charge in [-0.2, -0.15) is 13.0 Å². The number of halogens is 2. The van der Waals surface area contributed by atoms with E-state index in [1.807, 2.05) is 48.2 Å². The van der Waals surface area contributed by atoms with Gasteiger partial charge in [-0.25, -0.2) is 4.79 Å². The predicted octanol–water partition coefficient (Wildman–Crippen LogP) is 6.17. The topological polar surface area (TPSA) is 98.8 Å². The molecule has 2 aromatic heterocycles. The molecule has 1 aliphatic rings. The molecule has 13 heteroatoms. The second kappa shape index (κ2) is 10.8. The molecule has 186 valence electrons. The molecule has 0 unspecified atom stereocenters. The molecule has 1 aromatic carbocycles. The van der Waals surface area contributed by atoms with Gasteiger partial charge in [0.1, 0.15) is 9.04 Å². The van der Waals surface area contributed by atoms with E-state index in [1.165, 1.54) is 22.7 Å². The molecule has 0 bridgehead atoms. The summed E-state index contributed by atoms with van der Waals surface area (Å²) < 4.78 is 34.9.